The number of rotatable bonds is 6. The van der Waals surface area contributed by atoms with Crippen LogP contribution in [0.4, 0.5) is 11.5 Å². The minimum Gasteiger partial charge on any atom is -0.355 e. The lowest BCUT2D eigenvalue weighted by molar-refractivity contribution is -0.385. The number of hydrogen-bond donors (Lipinski definition) is 0. The number of amides is 1. The van der Waals surface area contributed by atoms with E-state index in [2.05, 4.69) is 34.1 Å². The van der Waals surface area contributed by atoms with Crippen LogP contribution in [0, 0.1) is 10.1 Å². The first-order valence-electron chi connectivity index (χ1n) is 10.8. The SMILES string of the molecule is O=C(CC(c1ccccc1)c1ccccc1)N1CCCN(c2ccc([N+](=O)[O-])cn2)CC1. The smallest absolute Gasteiger partial charge is 0.287 e. The number of nitro groups is 1. The van der Waals surface area contributed by atoms with Crippen molar-refractivity contribution >= 4 is 17.4 Å². The van der Waals surface area contributed by atoms with Crippen molar-refractivity contribution in [3.63, 3.8) is 0 Å². The van der Waals surface area contributed by atoms with E-state index in [1.807, 2.05) is 41.3 Å². The molecule has 1 aromatic heterocycles. The first-order chi connectivity index (χ1) is 15.6. The maximum absolute atomic E-state index is 13.3. The third-order valence-electron chi connectivity index (χ3n) is 5.90. The molecule has 32 heavy (non-hydrogen) atoms. The van der Waals surface area contributed by atoms with Gasteiger partial charge in [0.05, 0.1) is 4.92 Å². The number of nitrogens with zero attached hydrogens (tertiary/aromatic N) is 4. The van der Waals surface area contributed by atoms with Crippen LogP contribution in [0.15, 0.2) is 79.0 Å². The number of anilines is 1. The summed E-state index contributed by atoms with van der Waals surface area (Å²) in [5.74, 6) is 0.859. The van der Waals surface area contributed by atoms with Gasteiger partial charge in [0.15, 0.2) is 0 Å². The van der Waals surface area contributed by atoms with Crippen molar-refractivity contribution in [2.75, 3.05) is 31.1 Å². The van der Waals surface area contributed by atoms with Crippen LogP contribution in [-0.2, 0) is 4.79 Å². The molecule has 3 aromatic rings. The van der Waals surface area contributed by atoms with Crippen LogP contribution >= 0.6 is 0 Å². The molecule has 0 radical (unpaired) electrons. The molecule has 1 amide bonds. The van der Waals surface area contributed by atoms with Crippen LogP contribution < -0.4 is 4.90 Å². The molecule has 0 aliphatic carbocycles. The quantitative estimate of drug-likeness (QED) is 0.431. The van der Waals surface area contributed by atoms with Crippen LogP contribution in [0.5, 0.6) is 0 Å². The Morgan fingerprint density at radius 3 is 2.12 bits per heavy atom. The molecule has 164 valence electrons. The number of pyridine rings is 1. The summed E-state index contributed by atoms with van der Waals surface area (Å²) < 4.78 is 0. The van der Waals surface area contributed by atoms with E-state index in [1.165, 1.54) is 12.3 Å². The average Bonchev–Trinajstić information content (AvgIpc) is 3.10. The van der Waals surface area contributed by atoms with E-state index in [0.717, 1.165) is 24.1 Å². The van der Waals surface area contributed by atoms with Gasteiger partial charge in [0, 0.05) is 44.6 Å². The lowest BCUT2D eigenvalue weighted by atomic mass is 9.88. The summed E-state index contributed by atoms with van der Waals surface area (Å²) in [6.07, 6.45) is 2.53. The van der Waals surface area contributed by atoms with Crippen LogP contribution in [0.1, 0.15) is 29.9 Å². The number of benzene rings is 2. The van der Waals surface area contributed by atoms with Crippen molar-refractivity contribution in [3.05, 3.63) is 100 Å². The third-order valence-corrected chi connectivity index (χ3v) is 5.90. The van der Waals surface area contributed by atoms with E-state index in [-0.39, 0.29) is 17.5 Å². The molecule has 0 atom stereocenters. The maximum atomic E-state index is 13.3. The molecule has 2 aromatic carbocycles. The Kier molecular flexibility index (Phi) is 6.75. The highest BCUT2D eigenvalue weighted by atomic mass is 16.6. The van der Waals surface area contributed by atoms with Gasteiger partial charge < -0.3 is 9.80 Å². The summed E-state index contributed by atoms with van der Waals surface area (Å²) >= 11 is 0. The van der Waals surface area contributed by atoms with Crippen LogP contribution in [0.3, 0.4) is 0 Å². The van der Waals surface area contributed by atoms with E-state index >= 15 is 0 Å². The standard InChI is InChI=1S/C25H26N4O3/c30-25(18-23(20-8-3-1-4-9-20)21-10-5-2-6-11-21)28-15-7-14-27(16-17-28)24-13-12-22(19-26-24)29(31)32/h1-6,8-13,19,23H,7,14-18H2. The Hall–Kier alpha value is -3.74. The van der Waals surface area contributed by atoms with Crippen molar-refractivity contribution in [2.24, 2.45) is 0 Å². The predicted octanol–water partition coefficient (Wildman–Crippen LogP) is 4.25. The molecule has 1 saturated heterocycles. The fraction of sp³-hybridized carbons (Fsp3) is 0.280. The first-order valence-corrected chi connectivity index (χ1v) is 10.8. The second kappa shape index (κ2) is 10.0. The molecule has 0 bridgehead atoms. The van der Waals surface area contributed by atoms with E-state index in [4.69, 9.17) is 0 Å². The monoisotopic (exact) mass is 430 g/mol. The van der Waals surface area contributed by atoms with Crippen LogP contribution in [0.2, 0.25) is 0 Å². The summed E-state index contributed by atoms with van der Waals surface area (Å²) in [5.41, 5.74) is 2.25. The van der Waals surface area contributed by atoms with Gasteiger partial charge in [-0.05, 0) is 23.6 Å². The van der Waals surface area contributed by atoms with Crippen molar-refractivity contribution in [3.8, 4) is 0 Å². The zero-order valence-electron chi connectivity index (χ0n) is 17.8. The zero-order valence-corrected chi connectivity index (χ0v) is 17.8. The maximum Gasteiger partial charge on any atom is 0.287 e. The Bertz CT molecular complexity index is 1000. The highest BCUT2D eigenvalue weighted by Gasteiger charge is 2.24. The van der Waals surface area contributed by atoms with Gasteiger partial charge in [-0.25, -0.2) is 4.98 Å². The van der Waals surface area contributed by atoms with E-state index in [0.29, 0.717) is 31.9 Å². The Labute approximate surface area is 187 Å². The minimum atomic E-state index is -0.449. The second-order valence-electron chi connectivity index (χ2n) is 7.93. The number of hydrogen-bond acceptors (Lipinski definition) is 5. The Morgan fingerprint density at radius 2 is 1.56 bits per heavy atom. The van der Waals surface area contributed by atoms with Gasteiger partial charge in [0.1, 0.15) is 12.0 Å². The lowest BCUT2D eigenvalue weighted by Crippen LogP contribution is -2.36. The second-order valence-corrected chi connectivity index (χ2v) is 7.93. The van der Waals surface area contributed by atoms with Crippen LogP contribution in [-0.4, -0.2) is 46.9 Å². The van der Waals surface area contributed by atoms with Gasteiger partial charge in [0.25, 0.3) is 5.69 Å². The van der Waals surface area contributed by atoms with Gasteiger partial charge in [-0.15, -0.1) is 0 Å². The molecule has 0 N–H and O–H groups in total. The molecule has 0 unspecified atom stereocenters. The largest absolute Gasteiger partial charge is 0.355 e. The molecule has 4 rings (SSSR count). The molecule has 2 heterocycles. The lowest BCUT2D eigenvalue weighted by Gasteiger charge is -2.25. The van der Waals surface area contributed by atoms with Crippen molar-refractivity contribution in [1.82, 2.24) is 9.88 Å². The summed E-state index contributed by atoms with van der Waals surface area (Å²) in [4.78, 5) is 32.0. The molecule has 1 fully saturated rings. The average molecular weight is 431 g/mol. The molecule has 0 spiro atoms. The van der Waals surface area contributed by atoms with Crippen molar-refractivity contribution < 1.29 is 9.72 Å². The molecule has 0 saturated carbocycles. The zero-order chi connectivity index (χ0) is 22.3. The Morgan fingerprint density at radius 1 is 0.906 bits per heavy atom. The molecule has 1 aliphatic heterocycles. The van der Waals surface area contributed by atoms with Gasteiger partial charge >= 0.3 is 0 Å². The van der Waals surface area contributed by atoms with E-state index in [9.17, 15) is 14.9 Å². The molecule has 7 nitrogen and oxygen atoms in total. The van der Waals surface area contributed by atoms with Crippen LogP contribution in [0.25, 0.3) is 0 Å². The number of aromatic nitrogens is 1. The van der Waals surface area contributed by atoms with Gasteiger partial charge in [-0.3, -0.25) is 14.9 Å². The normalized spacial score (nSPS) is 14.3. The first kappa shape index (κ1) is 21.5. The Balaban J connectivity index is 1.44. The molecular weight excluding hydrogens is 404 g/mol. The predicted molar refractivity (Wildman–Crippen MR) is 124 cm³/mol. The number of carbonyl (C=O) groups excluding carboxylic acids is 1. The topological polar surface area (TPSA) is 79.6 Å². The fourth-order valence-electron chi connectivity index (χ4n) is 4.17. The highest BCUT2D eigenvalue weighted by molar-refractivity contribution is 5.78. The molecular formula is C25H26N4O3. The summed E-state index contributed by atoms with van der Waals surface area (Å²) in [6, 6.07) is 23.5. The molecule has 7 heteroatoms. The van der Waals surface area contributed by atoms with Gasteiger partial charge in [-0.2, -0.15) is 0 Å². The molecule has 1 aliphatic rings. The summed E-state index contributed by atoms with van der Waals surface area (Å²) in [6.45, 7) is 2.71. The van der Waals surface area contributed by atoms with Crippen molar-refractivity contribution in [1.29, 1.82) is 0 Å². The van der Waals surface area contributed by atoms with Gasteiger partial charge in [0.2, 0.25) is 5.91 Å². The van der Waals surface area contributed by atoms with Crippen molar-refractivity contribution in [2.45, 2.75) is 18.8 Å². The van der Waals surface area contributed by atoms with E-state index < -0.39 is 4.92 Å². The fourth-order valence-corrected chi connectivity index (χ4v) is 4.17. The summed E-state index contributed by atoms with van der Waals surface area (Å²) in [7, 11) is 0. The minimum absolute atomic E-state index is 0.0144. The van der Waals surface area contributed by atoms with E-state index in [1.54, 1.807) is 6.07 Å². The number of carbonyl (C=O) groups is 1. The van der Waals surface area contributed by atoms with Gasteiger partial charge in [-0.1, -0.05) is 60.7 Å². The third kappa shape index (κ3) is 5.11. The highest BCUT2D eigenvalue weighted by Crippen LogP contribution is 2.29. The summed E-state index contributed by atoms with van der Waals surface area (Å²) in [5, 5.41) is 10.9.